The molecule has 0 aromatic carbocycles. The van der Waals surface area contributed by atoms with Gasteiger partial charge < -0.3 is 10.2 Å². The fourth-order valence-electron chi connectivity index (χ4n) is 1.64. The molecule has 0 fully saturated rings. The Bertz CT molecular complexity index is 344. The first kappa shape index (κ1) is 16.0. The Hall–Kier alpha value is -0.0900. The van der Waals surface area contributed by atoms with Crippen LogP contribution in [0.5, 0.6) is 0 Å². The quantitative estimate of drug-likeness (QED) is 0.767. The minimum absolute atomic E-state index is 0.423. The van der Waals surface area contributed by atoms with Gasteiger partial charge >= 0.3 is 0 Å². The number of thiophene rings is 1. The van der Waals surface area contributed by atoms with Gasteiger partial charge in [-0.2, -0.15) is 0 Å². The number of rotatable bonds is 7. The Morgan fingerprint density at radius 3 is 2.56 bits per heavy atom. The van der Waals surface area contributed by atoms with Crippen LogP contribution >= 0.6 is 22.9 Å². The molecule has 4 heteroatoms. The molecule has 0 aliphatic carbocycles. The first-order chi connectivity index (χ1) is 8.37. The maximum atomic E-state index is 5.92. The van der Waals surface area contributed by atoms with Crippen molar-refractivity contribution in [1.29, 1.82) is 0 Å². The van der Waals surface area contributed by atoms with Crippen LogP contribution in [0.1, 0.15) is 32.1 Å². The Morgan fingerprint density at radius 2 is 2.00 bits per heavy atom. The predicted octanol–water partition coefficient (Wildman–Crippen LogP) is 3.86. The second kappa shape index (κ2) is 7.49. The van der Waals surface area contributed by atoms with Crippen molar-refractivity contribution >= 4 is 22.9 Å². The Morgan fingerprint density at radius 1 is 1.28 bits per heavy atom. The summed E-state index contributed by atoms with van der Waals surface area (Å²) in [5.74, 6) is 0. The van der Waals surface area contributed by atoms with E-state index in [4.69, 9.17) is 11.6 Å². The second-order valence-corrected chi connectivity index (χ2v) is 7.80. The molecular formula is C14H25ClN2S. The van der Waals surface area contributed by atoms with Crippen LogP contribution in [0.25, 0.3) is 0 Å². The van der Waals surface area contributed by atoms with Gasteiger partial charge in [-0.3, -0.25) is 0 Å². The number of likely N-dealkylation sites (N-methyl/N-ethyl adjacent to an activating group) is 1. The smallest absolute Gasteiger partial charge is 0.0931 e. The zero-order chi connectivity index (χ0) is 13.6. The van der Waals surface area contributed by atoms with E-state index >= 15 is 0 Å². The van der Waals surface area contributed by atoms with Crippen LogP contribution in [-0.2, 0) is 6.54 Å². The largest absolute Gasteiger partial charge is 0.315 e. The molecule has 1 aromatic heterocycles. The predicted molar refractivity (Wildman–Crippen MR) is 82.6 cm³/mol. The standard InChI is InChI=1S/C14H25ClN2S/c1-14(2,3)7-8-16-9-10-17(4)11-12-5-6-13(15)18-12/h5-6,16H,7-11H2,1-4H3. The maximum Gasteiger partial charge on any atom is 0.0931 e. The molecule has 0 amide bonds. The van der Waals surface area contributed by atoms with Crippen molar-refractivity contribution < 1.29 is 0 Å². The van der Waals surface area contributed by atoms with Gasteiger partial charge in [-0.25, -0.2) is 0 Å². The molecule has 0 saturated heterocycles. The number of hydrogen-bond donors (Lipinski definition) is 1. The highest BCUT2D eigenvalue weighted by atomic mass is 35.5. The number of hydrogen-bond acceptors (Lipinski definition) is 3. The molecule has 0 spiro atoms. The van der Waals surface area contributed by atoms with Gasteiger partial charge in [0.1, 0.15) is 0 Å². The molecule has 0 radical (unpaired) electrons. The summed E-state index contributed by atoms with van der Waals surface area (Å²) in [6.07, 6.45) is 1.22. The van der Waals surface area contributed by atoms with Crippen molar-refractivity contribution in [3.8, 4) is 0 Å². The van der Waals surface area contributed by atoms with Crippen LogP contribution in [0.15, 0.2) is 12.1 Å². The van der Waals surface area contributed by atoms with Crippen LogP contribution in [-0.4, -0.2) is 31.6 Å². The summed E-state index contributed by atoms with van der Waals surface area (Å²) >= 11 is 7.59. The average Bonchev–Trinajstić information content (AvgIpc) is 2.61. The summed E-state index contributed by atoms with van der Waals surface area (Å²) in [5.41, 5.74) is 0.423. The van der Waals surface area contributed by atoms with Crippen LogP contribution in [0.3, 0.4) is 0 Å². The lowest BCUT2D eigenvalue weighted by atomic mass is 9.92. The van der Waals surface area contributed by atoms with E-state index in [0.29, 0.717) is 5.41 Å². The van der Waals surface area contributed by atoms with E-state index < -0.39 is 0 Å². The minimum atomic E-state index is 0.423. The number of nitrogens with one attached hydrogen (secondary N) is 1. The topological polar surface area (TPSA) is 15.3 Å². The molecule has 1 heterocycles. The molecular weight excluding hydrogens is 264 g/mol. The van der Waals surface area contributed by atoms with Crippen LogP contribution < -0.4 is 5.32 Å². The summed E-state index contributed by atoms with van der Waals surface area (Å²) in [6.45, 7) is 11.0. The molecule has 1 N–H and O–H groups in total. The molecule has 1 aromatic rings. The highest BCUT2D eigenvalue weighted by Gasteiger charge is 2.08. The van der Waals surface area contributed by atoms with E-state index in [1.165, 1.54) is 11.3 Å². The summed E-state index contributed by atoms with van der Waals surface area (Å²) in [4.78, 5) is 3.66. The zero-order valence-electron chi connectivity index (χ0n) is 11.9. The molecule has 0 unspecified atom stereocenters. The molecule has 1 rings (SSSR count). The Balaban J connectivity index is 2.09. The molecule has 0 bridgehead atoms. The first-order valence-electron chi connectivity index (χ1n) is 6.50. The minimum Gasteiger partial charge on any atom is -0.315 e. The van der Waals surface area contributed by atoms with Crippen molar-refractivity contribution in [3.63, 3.8) is 0 Å². The van der Waals surface area contributed by atoms with Gasteiger partial charge in [-0.15, -0.1) is 11.3 Å². The van der Waals surface area contributed by atoms with Gasteiger partial charge in [-0.05, 0) is 37.6 Å². The Kier molecular flexibility index (Phi) is 6.64. The third-order valence-corrected chi connectivity index (χ3v) is 3.99. The third kappa shape index (κ3) is 7.37. The fraction of sp³-hybridized carbons (Fsp3) is 0.714. The monoisotopic (exact) mass is 288 g/mol. The van der Waals surface area contributed by atoms with Gasteiger partial charge in [-0.1, -0.05) is 32.4 Å². The SMILES string of the molecule is CN(CCNCCC(C)(C)C)Cc1ccc(Cl)s1. The zero-order valence-corrected chi connectivity index (χ0v) is 13.5. The van der Waals surface area contributed by atoms with E-state index in [9.17, 15) is 0 Å². The van der Waals surface area contributed by atoms with E-state index in [2.05, 4.69) is 44.1 Å². The lowest BCUT2D eigenvalue weighted by molar-refractivity contribution is 0.316. The van der Waals surface area contributed by atoms with E-state index in [1.54, 1.807) is 11.3 Å². The van der Waals surface area contributed by atoms with Gasteiger partial charge in [0.05, 0.1) is 4.34 Å². The lowest BCUT2D eigenvalue weighted by Gasteiger charge is -2.19. The normalized spacial score (nSPS) is 12.3. The summed E-state index contributed by atoms with van der Waals surface area (Å²) in [6, 6.07) is 4.08. The van der Waals surface area contributed by atoms with Crippen LogP contribution in [0.2, 0.25) is 4.34 Å². The summed E-state index contributed by atoms with van der Waals surface area (Å²) in [7, 11) is 2.15. The van der Waals surface area contributed by atoms with Crippen LogP contribution in [0, 0.1) is 5.41 Å². The van der Waals surface area contributed by atoms with Gasteiger partial charge in [0, 0.05) is 24.5 Å². The molecule has 2 nitrogen and oxygen atoms in total. The fourth-order valence-corrected chi connectivity index (χ4v) is 2.81. The van der Waals surface area contributed by atoms with E-state index in [0.717, 1.165) is 30.5 Å². The highest BCUT2D eigenvalue weighted by molar-refractivity contribution is 7.16. The van der Waals surface area contributed by atoms with E-state index in [-0.39, 0.29) is 0 Å². The van der Waals surface area contributed by atoms with Crippen LogP contribution in [0.4, 0.5) is 0 Å². The van der Waals surface area contributed by atoms with Gasteiger partial charge in [0.2, 0.25) is 0 Å². The highest BCUT2D eigenvalue weighted by Crippen LogP contribution is 2.22. The Labute approximate surface area is 120 Å². The van der Waals surface area contributed by atoms with Gasteiger partial charge in [0.15, 0.2) is 0 Å². The van der Waals surface area contributed by atoms with Crippen molar-refractivity contribution in [2.75, 3.05) is 26.7 Å². The first-order valence-corrected chi connectivity index (χ1v) is 7.70. The molecule has 0 atom stereocenters. The summed E-state index contributed by atoms with van der Waals surface area (Å²) < 4.78 is 0.877. The molecule has 18 heavy (non-hydrogen) atoms. The molecule has 104 valence electrons. The summed E-state index contributed by atoms with van der Waals surface area (Å²) in [5, 5.41) is 3.50. The van der Waals surface area contributed by atoms with Gasteiger partial charge in [0.25, 0.3) is 0 Å². The van der Waals surface area contributed by atoms with Crippen molar-refractivity contribution in [1.82, 2.24) is 10.2 Å². The van der Waals surface area contributed by atoms with E-state index in [1.807, 2.05) is 6.07 Å². The second-order valence-electron chi connectivity index (χ2n) is 6.00. The van der Waals surface area contributed by atoms with Crippen molar-refractivity contribution in [2.24, 2.45) is 5.41 Å². The average molecular weight is 289 g/mol. The lowest BCUT2D eigenvalue weighted by Crippen LogP contribution is -2.30. The number of halogens is 1. The van der Waals surface area contributed by atoms with Crippen molar-refractivity contribution in [2.45, 2.75) is 33.7 Å². The third-order valence-electron chi connectivity index (χ3n) is 2.78. The maximum absolute atomic E-state index is 5.92. The number of nitrogens with zero attached hydrogens (tertiary/aromatic N) is 1. The molecule has 0 aliphatic heterocycles. The van der Waals surface area contributed by atoms with Crippen molar-refractivity contribution in [3.05, 3.63) is 21.3 Å². The molecule has 0 aliphatic rings. The molecule has 0 saturated carbocycles.